The molecule has 3 aliphatic heterocycles. The average Bonchev–Trinajstić information content (AvgIpc) is 3.55. The van der Waals surface area contributed by atoms with Gasteiger partial charge in [0.05, 0.1) is 18.6 Å². The van der Waals surface area contributed by atoms with E-state index in [1.165, 1.54) is 7.11 Å². The van der Waals surface area contributed by atoms with Crippen LogP contribution in [0.3, 0.4) is 0 Å². The van der Waals surface area contributed by atoms with Gasteiger partial charge in [-0.2, -0.15) is 0 Å². The van der Waals surface area contributed by atoms with Crippen LogP contribution in [0.5, 0.6) is 11.5 Å². The van der Waals surface area contributed by atoms with Crippen LogP contribution in [-0.2, 0) is 25.5 Å². The van der Waals surface area contributed by atoms with Gasteiger partial charge in [0.2, 0.25) is 6.79 Å². The number of hydrogen-bond donors (Lipinski definition) is 3. The van der Waals surface area contributed by atoms with Gasteiger partial charge in [0.25, 0.3) is 0 Å². The number of carbonyl (C=O) groups excluding carboxylic acids is 1. The fourth-order valence-electron chi connectivity index (χ4n) is 6.38. The summed E-state index contributed by atoms with van der Waals surface area (Å²) >= 11 is 0. The number of ether oxygens (including phenoxy) is 4. The number of rotatable bonds is 8. The highest BCUT2D eigenvalue weighted by atomic mass is 16.7. The van der Waals surface area contributed by atoms with Crippen molar-refractivity contribution in [3.63, 3.8) is 0 Å². The molecule has 4 aliphatic rings. The molecule has 37 heavy (non-hydrogen) atoms. The van der Waals surface area contributed by atoms with Crippen LogP contribution < -0.4 is 9.47 Å². The van der Waals surface area contributed by atoms with Gasteiger partial charge in [-0.3, -0.25) is 4.90 Å². The first-order chi connectivity index (χ1) is 17.6. The van der Waals surface area contributed by atoms with Gasteiger partial charge in [-0.25, -0.2) is 9.59 Å². The Hall–Kier alpha value is -2.82. The second kappa shape index (κ2) is 9.49. The molecular formula is C27H35NO9. The van der Waals surface area contributed by atoms with E-state index in [1.807, 2.05) is 32.1 Å². The molecule has 1 spiro atoms. The van der Waals surface area contributed by atoms with E-state index < -0.39 is 35.3 Å². The highest BCUT2D eigenvalue weighted by Crippen LogP contribution is 2.55. The van der Waals surface area contributed by atoms with E-state index in [4.69, 9.17) is 18.9 Å². The summed E-state index contributed by atoms with van der Waals surface area (Å²) in [6.07, 6.45) is 1.38. The smallest absolute Gasteiger partial charge is 0.342 e. The molecule has 3 N–H and O–H groups in total. The minimum absolute atomic E-state index is 0.0644. The van der Waals surface area contributed by atoms with Gasteiger partial charge in [0.15, 0.2) is 29.3 Å². The zero-order valence-electron chi connectivity index (χ0n) is 21.4. The lowest BCUT2D eigenvalue weighted by atomic mass is 9.77. The minimum Gasteiger partial charge on any atom is -0.497 e. The van der Waals surface area contributed by atoms with E-state index >= 15 is 0 Å². The molecule has 0 amide bonds. The van der Waals surface area contributed by atoms with Gasteiger partial charge < -0.3 is 34.3 Å². The van der Waals surface area contributed by atoms with Gasteiger partial charge in [-0.1, -0.05) is 13.8 Å². The zero-order valence-corrected chi connectivity index (χ0v) is 21.4. The summed E-state index contributed by atoms with van der Waals surface area (Å²) < 4.78 is 23.0. The lowest BCUT2D eigenvalue weighted by Gasteiger charge is -2.40. The summed E-state index contributed by atoms with van der Waals surface area (Å²) in [6, 6.07) is 3.92. The molecule has 0 radical (unpaired) electrons. The maximum atomic E-state index is 13.6. The first-order valence-electron chi connectivity index (χ1n) is 12.9. The third-order valence-corrected chi connectivity index (χ3v) is 8.34. The van der Waals surface area contributed by atoms with Crippen molar-refractivity contribution in [2.45, 2.75) is 75.2 Å². The Bertz CT molecular complexity index is 1120. The quantitative estimate of drug-likeness (QED) is 0.439. The number of esters is 1. The maximum absolute atomic E-state index is 13.6. The van der Waals surface area contributed by atoms with E-state index in [0.717, 1.165) is 43.5 Å². The van der Waals surface area contributed by atoms with Crippen molar-refractivity contribution >= 4 is 11.9 Å². The lowest BCUT2D eigenvalue weighted by molar-refractivity contribution is -0.194. The second-order valence-electron chi connectivity index (χ2n) is 10.9. The number of aliphatic carboxylic acids is 1. The molecule has 202 valence electrons. The number of nitrogens with zero attached hydrogens (tertiary/aromatic N) is 1. The molecule has 3 heterocycles. The van der Waals surface area contributed by atoms with Crippen LogP contribution >= 0.6 is 0 Å². The largest absolute Gasteiger partial charge is 0.497 e. The topological polar surface area (TPSA) is 135 Å². The standard InChI is InChI=1S/C27H35NO9/c1-15(2)5-8-27(33,23(29)24(30)31)25(32)37-22-20(34-3)13-26-7-4-9-28(26)10-6-16-11-18-19(36-14-35-18)12-17(16)21(22)26/h11-13,15,21-23,29,33H,4-10,14H2,1-3H3,(H,30,31)/t21-,22-,23-,26+,27-/m1/s1. The van der Waals surface area contributed by atoms with Crippen molar-refractivity contribution in [1.29, 1.82) is 0 Å². The Morgan fingerprint density at radius 1 is 1.24 bits per heavy atom. The highest BCUT2D eigenvalue weighted by Gasteiger charge is 2.59. The number of benzene rings is 1. The number of carboxylic acids is 1. The molecule has 1 aromatic carbocycles. The predicted molar refractivity (Wildman–Crippen MR) is 130 cm³/mol. The Morgan fingerprint density at radius 3 is 2.65 bits per heavy atom. The number of carboxylic acid groups (broad SMARTS) is 1. The van der Waals surface area contributed by atoms with Crippen LogP contribution in [0.25, 0.3) is 0 Å². The number of hydrogen-bond acceptors (Lipinski definition) is 9. The number of methoxy groups -OCH3 is 1. The molecule has 1 fully saturated rings. The summed E-state index contributed by atoms with van der Waals surface area (Å²) in [6.45, 7) is 5.57. The Labute approximate surface area is 215 Å². The molecule has 5 rings (SSSR count). The van der Waals surface area contributed by atoms with Crippen molar-refractivity contribution in [3.8, 4) is 11.5 Å². The van der Waals surface area contributed by atoms with Gasteiger partial charge >= 0.3 is 11.9 Å². The van der Waals surface area contributed by atoms with Crippen molar-refractivity contribution in [2.24, 2.45) is 5.92 Å². The first kappa shape index (κ1) is 25.8. The summed E-state index contributed by atoms with van der Waals surface area (Å²) in [5.41, 5.74) is -1.09. The monoisotopic (exact) mass is 517 g/mol. The summed E-state index contributed by atoms with van der Waals surface area (Å²) in [7, 11) is 1.51. The molecule has 1 aromatic rings. The molecule has 10 nitrogen and oxygen atoms in total. The average molecular weight is 518 g/mol. The molecule has 5 atom stereocenters. The molecule has 1 saturated heterocycles. The number of aliphatic hydroxyl groups is 2. The molecule has 0 aromatic heterocycles. The molecule has 0 saturated carbocycles. The number of fused-ring (bicyclic) bond motifs is 3. The fourth-order valence-corrected chi connectivity index (χ4v) is 6.38. The normalized spacial score (nSPS) is 28.4. The molecular weight excluding hydrogens is 482 g/mol. The van der Waals surface area contributed by atoms with Crippen molar-refractivity contribution in [3.05, 3.63) is 35.1 Å². The van der Waals surface area contributed by atoms with Crippen molar-refractivity contribution < 1.29 is 43.9 Å². The second-order valence-corrected chi connectivity index (χ2v) is 10.9. The molecule has 10 heteroatoms. The van der Waals surface area contributed by atoms with Crippen LogP contribution in [-0.4, -0.2) is 82.5 Å². The Morgan fingerprint density at radius 2 is 1.97 bits per heavy atom. The third-order valence-electron chi connectivity index (χ3n) is 8.34. The van der Waals surface area contributed by atoms with E-state index in [0.29, 0.717) is 23.7 Å². The molecule has 0 unspecified atom stereocenters. The lowest BCUT2D eigenvalue weighted by Crippen LogP contribution is -2.55. The van der Waals surface area contributed by atoms with E-state index in [1.54, 1.807) is 0 Å². The van der Waals surface area contributed by atoms with E-state index in [9.17, 15) is 24.9 Å². The maximum Gasteiger partial charge on any atom is 0.342 e. The van der Waals surface area contributed by atoms with Crippen molar-refractivity contribution in [2.75, 3.05) is 27.0 Å². The predicted octanol–water partition coefficient (Wildman–Crippen LogP) is 1.96. The zero-order chi connectivity index (χ0) is 26.5. The minimum atomic E-state index is -2.61. The fraction of sp³-hybridized carbons (Fsp3) is 0.630. The SMILES string of the molecule is COC1=C[C@]23CCCN2CCc2cc4c(cc2[C@@H]3[C@@H]1OC(=O)[C@@](O)(CCC(C)C)[C@H](O)C(=O)O)OCO4. The van der Waals surface area contributed by atoms with Crippen LogP contribution in [0.15, 0.2) is 24.0 Å². The summed E-state index contributed by atoms with van der Waals surface area (Å²) in [5, 5.41) is 31.1. The van der Waals surface area contributed by atoms with E-state index in [-0.39, 0.29) is 25.0 Å². The highest BCUT2D eigenvalue weighted by molar-refractivity contribution is 5.88. The Kier molecular flexibility index (Phi) is 6.62. The summed E-state index contributed by atoms with van der Waals surface area (Å²) in [4.78, 5) is 27.6. The molecule has 0 bridgehead atoms. The van der Waals surface area contributed by atoms with Crippen LogP contribution in [0, 0.1) is 5.92 Å². The molecule has 1 aliphatic carbocycles. The van der Waals surface area contributed by atoms with Crippen LogP contribution in [0.2, 0.25) is 0 Å². The van der Waals surface area contributed by atoms with Gasteiger partial charge in [0, 0.05) is 6.54 Å². The van der Waals surface area contributed by atoms with Gasteiger partial charge in [-0.05, 0) is 73.9 Å². The van der Waals surface area contributed by atoms with E-state index in [2.05, 4.69) is 4.90 Å². The summed E-state index contributed by atoms with van der Waals surface area (Å²) in [5.74, 6) is -1.45. The Balaban J connectivity index is 1.56. The number of carbonyl (C=O) groups is 2. The third kappa shape index (κ3) is 4.15. The van der Waals surface area contributed by atoms with Gasteiger partial charge in [0.1, 0.15) is 5.76 Å². The van der Waals surface area contributed by atoms with Crippen LogP contribution in [0.1, 0.15) is 56.6 Å². The van der Waals surface area contributed by atoms with Gasteiger partial charge in [-0.15, -0.1) is 0 Å². The first-order valence-corrected chi connectivity index (χ1v) is 12.9. The van der Waals surface area contributed by atoms with Crippen molar-refractivity contribution in [1.82, 2.24) is 4.90 Å². The number of aliphatic hydroxyl groups excluding tert-OH is 1. The van der Waals surface area contributed by atoms with Crippen LogP contribution in [0.4, 0.5) is 0 Å².